The predicted octanol–water partition coefficient (Wildman–Crippen LogP) is 0.185. The molecule has 0 N–H and O–H groups in total. The van der Waals surface area contributed by atoms with Crippen molar-refractivity contribution in [1.29, 1.82) is 0 Å². The van der Waals surface area contributed by atoms with Crippen LogP contribution >= 0.6 is 0 Å². The third-order valence-electron chi connectivity index (χ3n) is 1.60. The zero-order valence-electron chi connectivity index (χ0n) is 7.33. The minimum Gasteiger partial charge on any atom is -0.314 e. The smallest absolute Gasteiger partial charge is 0.314 e. The summed E-state index contributed by atoms with van der Waals surface area (Å²) in [6.45, 7) is 6.73. The Morgan fingerprint density at radius 1 is 1.00 bits per heavy atom. The van der Waals surface area contributed by atoms with Crippen LogP contribution in [0.3, 0.4) is 0 Å². The summed E-state index contributed by atoms with van der Waals surface area (Å²) in [5, 5.41) is 0. The quantitative estimate of drug-likeness (QED) is 0.382. The topological polar surface area (TPSA) is 0 Å². The Labute approximate surface area is 81.7 Å². The van der Waals surface area contributed by atoms with E-state index in [0.717, 1.165) is 0 Å². The van der Waals surface area contributed by atoms with Gasteiger partial charge in [-0.1, -0.05) is 27.2 Å². The molecule has 0 radical (unpaired) electrons. The van der Waals surface area contributed by atoms with Gasteiger partial charge in [-0.25, -0.2) is 0 Å². The number of rotatable bonds is 4. The molecule has 0 spiro atoms. The molecule has 0 nitrogen and oxygen atoms in total. The molecule has 0 rings (SSSR count). The molecule has 0 aromatic heterocycles. The van der Waals surface area contributed by atoms with Crippen molar-refractivity contribution in [2.24, 2.45) is 0 Å². The average molecular weight is 136 g/mol. The summed E-state index contributed by atoms with van der Waals surface area (Å²) in [6.07, 6.45) is 5.22. The van der Waals surface area contributed by atoms with Gasteiger partial charge in [0.05, 0.1) is 0 Å². The summed E-state index contributed by atoms with van der Waals surface area (Å²) in [5.74, 6) is 1.72. The zero-order valence-corrected chi connectivity index (χ0v) is 9.33. The second-order valence-corrected chi connectivity index (χ2v) is 2.21. The molecule has 0 unspecified atom stereocenters. The Hall–Kier alpha value is 1.00. The summed E-state index contributed by atoms with van der Waals surface area (Å²) in [5.41, 5.74) is 0. The molecule has 0 aromatic carbocycles. The van der Waals surface area contributed by atoms with Gasteiger partial charge in [-0.05, 0) is 0 Å². The fourth-order valence-electron chi connectivity index (χ4n) is 0.957. The van der Waals surface area contributed by atoms with Crippen molar-refractivity contribution < 1.29 is 29.6 Å². The Morgan fingerprint density at radius 2 is 1.44 bits per heavy atom. The van der Waals surface area contributed by atoms with Gasteiger partial charge >= 0.3 is 29.6 Å². The first kappa shape index (κ1) is 12.7. The maximum absolute atomic E-state index is 2.24. The Balaban J connectivity index is 0. The van der Waals surface area contributed by atoms with Crippen LogP contribution in [0.15, 0.2) is 0 Å². The van der Waals surface area contributed by atoms with Crippen molar-refractivity contribution in [2.75, 3.05) is 0 Å². The first-order chi connectivity index (χ1) is 3.85. The van der Waals surface area contributed by atoms with E-state index in [0.29, 0.717) is 0 Å². The maximum Gasteiger partial charge on any atom is 1.00 e. The Bertz CT molecular complexity index is 39.8. The van der Waals surface area contributed by atoms with Crippen molar-refractivity contribution >= 4 is 0 Å². The van der Waals surface area contributed by atoms with Crippen molar-refractivity contribution in [3.05, 3.63) is 5.92 Å². The molecule has 50 valence electrons. The molecule has 0 heterocycles. The van der Waals surface area contributed by atoms with Gasteiger partial charge in [-0.15, -0.1) is 0 Å². The van der Waals surface area contributed by atoms with Crippen molar-refractivity contribution in [1.82, 2.24) is 0 Å². The fourth-order valence-corrected chi connectivity index (χ4v) is 0.957. The summed E-state index contributed by atoms with van der Waals surface area (Å²) >= 11 is 0. The van der Waals surface area contributed by atoms with Crippen LogP contribution in [-0.4, -0.2) is 0 Å². The van der Waals surface area contributed by atoms with Crippen LogP contribution in [0.4, 0.5) is 0 Å². The van der Waals surface area contributed by atoms with Crippen LogP contribution in [-0.2, 0) is 0 Å². The normalized spacial score (nSPS) is 9.33. The van der Waals surface area contributed by atoms with Crippen LogP contribution < -0.4 is 29.6 Å². The van der Waals surface area contributed by atoms with E-state index in [1.165, 1.54) is 25.7 Å². The molecule has 0 aromatic rings. The molecule has 0 bridgehead atoms. The molecule has 0 atom stereocenters. The fraction of sp³-hybridized carbons (Fsp3) is 0.875. The third kappa shape index (κ3) is 6.89. The van der Waals surface area contributed by atoms with Crippen LogP contribution in [0.25, 0.3) is 0 Å². The van der Waals surface area contributed by atoms with E-state index in [4.69, 9.17) is 0 Å². The maximum atomic E-state index is 2.24. The van der Waals surface area contributed by atoms with Crippen LogP contribution in [0.1, 0.15) is 46.5 Å². The van der Waals surface area contributed by atoms with E-state index in [-0.39, 0.29) is 29.6 Å². The van der Waals surface area contributed by atoms with Gasteiger partial charge in [0.25, 0.3) is 0 Å². The molecule has 0 aliphatic carbocycles. The van der Waals surface area contributed by atoms with E-state index < -0.39 is 0 Å². The van der Waals surface area contributed by atoms with Crippen LogP contribution in [0.2, 0.25) is 0 Å². The van der Waals surface area contributed by atoms with Crippen LogP contribution in [0.5, 0.6) is 0 Å². The van der Waals surface area contributed by atoms with E-state index in [1.54, 1.807) is 5.92 Å². The molecule has 0 aliphatic heterocycles. The van der Waals surface area contributed by atoms with Crippen LogP contribution in [0, 0.1) is 5.92 Å². The molecule has 0 aliphatic rings. The SMILES string of the molecule is CCC[C-](CC)CC.[Na+]. The summed E-state index contributed by atoms with van der Waals surface area (Å²) < 4.78 is 0. The first-order valence-electron chi connectivity index (χ1n) is 3.68. The summed E-state index contributed by atoms with van der Waals surface area (Å²) in [4.78, 5) is 0. The molecule has 0 fully saturated rings. The Kier molecular flexibility index (Phi) is 12.7. The van der Waals surface area contributed by atoms with Gasteiger partial charge in [-0.2, -0.15) is 19.3 Å². The minimum atomic E-state index is 0. The van der Waals surface area contributed by atoms with Gasteiger partial charge in [0, 0.05) is 0 Å². The van der Waals surface area contributed by atoms with E-state index >= 15 is 0 Å². The Morgan fingerprint density at radius 3 is 1.56 bits per heavy atom. The van der Waals surface area contributed by atoms with Crippen molar-refractivity contribution in [3.8, 4) is 0 Å². The third-order valence-corrected chi connectivity index (χ3v) is 1.60. The van der Waals surface area contributed by atoms with Crippen molar-refractivity contribution in [2.45, 2.75) is 46.5 Å². The summed E-state index contributed by atoms with van der Waals surface area (Å²) in [6, 6.07) is 0. The first-order valence-corrected chi connectivity index (χ1v) is 3.68. The molecular weight excluding hydrogens is 119 g/mol. The van der Waals surface area contributed by atoms with E-state index in [9.17, 15) is 0 Å². The second kappa shape index (κ2) is 9.00. The molecule has 0 saturated heterocycles. The predicted molar refractivity (Wildman–Crippen MR) is 38.7 cm³/mol. The van der Waals surface area contributed by atoms with Gasteiger partial charge in [-0.3, -0.25) is 0 Å². The summed E-state index contributed by atoms with van der Waals surface area (Å²) in [7, 11) is 0. The van der Waals surface area contributed by atoms with E-state index in [1.807, 2.05) is 0 Å². The molecule has 0 saturated carbocycles. The van der Waals surface area contributed by atoms with Gasteiger partial charge in [0.1, 0.15) is 0 Å². The van der Waals surface area contributed by atoms with Gasteiger partial charge in [0.2, 0.25) is 0 Å². The molecular formula is C8H17Na. The number of hydrogen-bond donors (Lipinski definition) is 0. The second-order valence-electron chi connectivity index (χ2n) is 2.21. The minimum absolute atomic E-state index is 0. The van der Waals surface area contributed by atoms with Gasteiger partial charge in [0.15, 0.2) is 0 Å². The number of hydrogen-bond acceptors (Lipinski definition) is 0. The standard InChI is InChI=1S/C8H17.Na/c1-4-7-8(5-2)6-3;/h4-7H2,1-3H3;/q-1;+1. The monoisotopic (exact) mass is 136 g/mol. The van der Waals surface area contributed by atoms with Crippen molar-refractivity contribution in [3.63, 3.8) is 0 Å². The molecule has 0 amide bonds. The largest absolute Gasteiger partial charge is 1.00 e. The molecule has 9 heavy (non-hydrogen) atoms. The van der Waals surface area contributed by atoms with E-state index in [2.05, 4.69) is 20.8 Å². The van der Waals surface area contributed by atoms with Gasteiger partial charge < -0.3 is 5.92 Å². The average Bonchev–Trinajstić information content (AvgIpc) is 1.83. The zero-order chi connectivity index (χ0) is 6.41. The molecule has 1 heteroatoms.